The summed E-state index contributed by atoms with van der Waals surface area (Å²) in [5, 5.41) is 12.3. The number of nitrogens with one attached hydrogen (secondary N) is 1. The molecule has 0 aliphatic carbocycles. The van der Waals surface area contributed by atoms with Crippen LogP contribution in [-0.4, -0.2) is 25.9 Å². The van der Waals surface area contributed by atoms with Crippen LogP contribution in [0, 0.1) is 0 Å². The summed E-state index contributed by atoms with van der Waals surface area (Å²) in [6.45, 7) is 8.41. The maximum Gasteiger partial charge on any atom is 0.0803 e. The number of aryl methyl sites for hydroxylation is 2. The van der Waals surface area contributed by atoms with E-state index < -0.39 is 0 Å². The van der Waals surface area contributed by atoms with Gasteiger partial charge in [-0.1, -0.05) is 24.8 Å². The predicted molar refractivity (Wildman–Crippen MR) is 86.5 cm³/mol. The minimum Gasteiger partial charge on any atom is -0.309 e. The number of rotatable bonds is 9. The lowest BCUT2D eigenvalue weighted by molar-refractivity contribution is 0.531. The Hall–Kier alpha value is -1.27. The smallest absolute Gasteiger partial charge is 0.0803 e. The van der Waals surface area contributed by atoms with Gasteiger partial charge in [0.05, 0.1) is 16.8 Å². The first-order chi connectivity index (χ1) is 10.3. The molecule has 0 spiro atoms. The summed E-state index contributed by atoms with van der Waals surface area (Å²) in [4.78, 5) is 1.29. The highest BCUT2D eigenvalue weighted by Crippen LogP contribution is 2.25. The van der Waals surface area contributed by atoms with E-state index in [2.05, 4.69) is 47.0 Å². The molecular formula is C15H25N5S. The molecule has 2 rings (SSSR count). The quantitative estimate of drug-likeness (QED) is 0.774. The number of hydrogen-bond donors (Lipinski definition) is 1. The van der Waals surface area contributed by atoms with Gasteiger partial charge >= 0.3 is 0 Å². The summed E-state index contributed by atoms with van der Waals surface area (Å²) in [5.74, 6) is 0. The van der Waals surface area contributed by atoms with Gasteiger partial charge in [0.25, 0.3) is 0 Å². The van der Waals surface area contributed by atoms with Crippen LogP contribution in [0.15, 0.2) is 12.4 Å². The van der Waals surface area contributed by atoms with Crippen molar-refractivity contribution < 1.29 is 0 Å². The van der Waals surface area contributed by atoms with E-state index in [0.717, 1.165) is 44.5 Å². The summed E-state index contributed by atoms with van der Waals surface area (Å²) < 4.78 is 6.14. The molecule has 21 heavy (non-hydrogen) atoms. The van der Waals surface area contributed by atoms with Crippen molar-refractivity contribution in [3.8, 4) is 0 Å². The van der Waals surface area contributed by atoms with Crippen molar-refractivity contribution in [1.82, 2.24) is 24.7 Å². The molecule has 116 valence electrons. The predicted octanol–water partition coefficient (Wildman–Crippen LogP) is 2.99. The highest BCUT2D eigenvalue weighted by atomic mass is 32.1. The minimum absolute atomic E-state index is 0.293. The lowest BCUT2D eigenvalue weighted by atomic mass is 10.0. The van der Waals surface area contributed by atoms with Gasteiger partial charge in [-0.3, -0.25) is 4.68 Å². The summed E-state index contributed by atoms with van der Waals surface area (Å²) in [7, 11) is 0. The Bertz CT molecular complexity index is 534. The molecule has 0 aliphatic heterocycles. The molecule has 1 unspecified atom stereocenters. The van der Waals surface area contributed by atoms with E-state index in [1.165, 1.54) is 22.0 Å². The Balaban J connectivity index is 2.14. The van der Waals surface area contributed by atoms with Crippen LogP contribution in [0.2, 0.25) is 0 Å². The second-order valence-electron chi connectivity index (χ2n) is 5.25. The van der Waals surface area contributed by atoms with Crippen LogP contribution < -0.4 is 5.32 Å². The van der Waals surface area contributed by atoms with Gasteiger partial charge in [-0.05, 0) is 49.8 Å². The van der Waals surface area contributed by atoms with Crippen LogP contribution >= 0.6 is 11.5 Å². The molecule has 0 saturated heterocycles. The monoisotopic (exact) mass is 307 g/mol. The zero-order valence-corrected chi connectivity index (χ0v) is 14.0. The minimum atomic E-state index is 0.293. The molecule has 6 heteroatoms. The molecule has 0 aromatic carbocycles. The topological polar surface area (TPSA) is 55.6 Å². The molecule has 0 fully saturated rings. The molecule has 2 heterocycles. The average molecular weight is 307 g/mol. The third-order valence-corrected chi connectivity index (χ3v) is 4.36. The fraction of sp³-hybridized carbons (Fsp3) is 0.667. The number of nitrogens with zero attached hydrogens (tertiary/aromatic N) is 4. The van der Waals surface area contributed by atoms with Crippen molar-refractivity contribution >= 4 is 11.5 Å². The van der Waals surface area contributed by atoms with Crippen LogP contribution in [0.25, 0.3) is 0 Å². The maximum atomic E-state index is 4.37. The van der Waals surface area contributed by atoms with E-state index in [1.54, 1.807) is 0 Å². The molecular weight excluding hydrogens is 282 g/mol. The molecule has 0 amide bonds. The van der Waals surface area contributed by atoms with Crippen molar-refractivity contribution in [2.75, 3.05) is 6.54 Å². The van der Waals surface area contributed by atoms with E-state index >= 15 is 0 Å². The van der Waals surface area contributed by atoms with Crippen molar-refractivity contribution in [3.05, 3.63) is 28.5 Å². The Morgan fingerprint density at radius 1 is 1.29 bits per heavy atom. The first-order valence-electron chi connectivity index (χ1n) is 7.84. The van der Waals surface area contributed by atoms with Crippen LogP contribution in [0.4, 0.5) is 0 Å². The van der Waals surface area contributed by atoms with Crippen molar-refractivity contribution in [1.29, 1.82) is 0 Å². The van der Waals surface area contributed by atoms with E-state index in [1.807, 2.05) is 10.9 Å². The molecule has 2 aromatic heterocycles. The van der Waals surface area contributed by atoms with Gasteiger partial charge in [0.15, 0.2) is 0 Å². The third kappa shape index (κ3) is 4.35. The number of hydrogen-bond acceptors (Lipinski definition) is 5. The summed E-state index contributed by atoms with van der Waals surface area (Å²) in [5.41, 5.74) is 2.42. The Kier molecular flexibility index (Phi) is 6.32. The van der Waals surface area contributed by atoms with Crippen molar-refractivity contribution in [3.63, 3.8) is 0 Å². The van der Waals surface area contributed by atoms with Crippen LogP contribution in [-0.2, 0) is 19.4 Å². The molecule has 0 aliphatic rings. The third-order valence-electron chi connectivity index (χ3n) is 3.48. The van der Waals surface area contributed by atoms with Gasteiger partial charge in [-0.25, -0.2) is 0 Å². The fourth-order valence-corrected chi connectivity index (χ4v) is 3.16. The van der Waals surface area contributed by atoms with Gasteiger partial charge in [0.1, 0.15) is 0 Å². The lowest BCUT2D eigenvalue weighted by Gasteiger charge is -2.17. The van der Waals surface area contributed by atoms with E-state index in [9.17, 15) is 0 Å². The zero-order valence-electron chi connectivity index (χ0n) is 13.2. The summed E-state index contributed by atoms with van der Waals surface area (Å²) in [6.07, 6.45) is 8.28. The molecule has 2 aromatic rings. The molecule has 1 N–H and O–H groups in total. The highest BCUT2D eigenvalue weighted by Gasteiger charge is 2.19. The fourth-order valence-electron chi connectivity index (χ4n) is 2.39. The Morgan fingerprint density at radius 2 is 2.14 bits per heavy atom. The lowest BCUT2D eigenvalue weighted by Crippen LogP contribution is -2.24. The average Bonchev–Trinajstić information content (AvgIpc) is 3.13. The van der Waals surface area contributed by atoms with E-state index in [4.69, 9.17) is 0 Å². The standard InChI is InChI=1S/C15H25N5S/c1-4-7-13-15(21-19-18-13)14(16-8-5-2)9-12-10-17-20(6-3)11-12/h10-11,14,16H,4-9H2,1-3H3. The Labute approximate surface area is 130 Å². The summed E-state index contributed by atoms with van der Waals surface area (Å²) >= 11 is 1.53. The molecule has 0 saturated carbocycles. The summed E-state index contributed by atoms with van der Waals surface area (Å²) in [6, 6.07) is 0.293. The van der Waals surface area contributed by atoms with Gasteiger partial charge in [0.2, 0.25) is 0 Å². The zero-order chi connectivity index (χ0) is 15.1. The van der Waals surface area contributed by atoms with Gasteiger partial charge < -0.3 is 5.32 Å². The van der Waals surface area contributed by atoms with Crippen molar-refractivity contribution in [2.24, 2.45) is 0 Å². The largest absolute Gasteiger partial charge is 0.309 e. The first-order valence-corrected chi connectivity index (χ1v) is 8.61. The second-order valence-corrected chi connectivity index (χ2v) is 6.03. The molecule has 1 atom stereocenters. The molecule has 5 nitrogen and oxygen atoms in total. The van der Waals surface area contributed by atoms with Gasteiger partial charge in [-0.15, -0.1) is 5.10 Å². The first kappa shape index (κ1) is 16.1. The van der Waals surface area contributed by atoms with Crippen LogP contribution in [0.1, 0.15) is 55.8 Å². The van der Waals surface area contributed by atoms with E-state index in [-0.39, 0.29) is 0 Å². The van der Waals surface area contributed by atoms with Gasteiger partial charge in [-0.2, -0.15) is 5.10 Å². The highest BCUT2D eigenvalue weighted by molar-refractivity contribution is 7.05. The molecule has 0 bridgehead atoms. The van der Waals surface area contributed by atoms with E-state index in [0.29, 0.717) is 6.04 Å². The van der Waals surface area contributed by atoms with Crippen LogP contribution in [0.3, 0.4) is 0 Å². The molecule has 0 radical (unpaired) electrons. The SMILES string of the molecule is CCCNC(Cc1cnn(CC)c1)c1snnc1CCC. The normalized spacial score (nSPS) is 12.7. The van der Waals surface area contributed by atoms with Gasteiger partial charge in [0, 0.05) is 18.8 Å². The maximum absolute atomic E-state index is 4.37. The van der Waals surface area contributed by atoms with Crippen molar-refractivity contribution in [2.45, 2.75) is 59.0 Å². The second kappa shape index (κ2) is 8.24. The van der Waals surface area contributed by atoms with Crippen LogP contribution in [0.5, 0.6) is 0 Å². The number of aromatic nitrogens is 4. The Morgan fingerprint density at radius 3 is 2.81 bits per heavy atom.